The molecule has 0 spiro atoms. The summed E-state index contributed by atoms with van der Waals surface area (Å²) in [5.41, 5.74) is 0.654. The van der Waals surface area contributed by atoms with Crippen LogP contribution < -0.4 is 0 Å². The highest BCUT2D eigenvalue weighted by Gasteiger charge is 2.29. The van der Waals surface area contributed by atoms with Gasteiger partial charge in [-0.1, -0.05) is 13.0 Å². The highest BCUT2D eigenvalue weighted by molar-refractivity contribution is 5.15. The van der Waals surface area contributed by atoms with E-state index in [-0.39, 0.29) is 19.3 Å². The third kappa shape index (κ3) is 6.57. The number of pyridine rings is 1. The van der Waals surface area contributed by atoms with Crippen molar-refractivity contribution in [1.29, 1.82) is 0 Å². The number of aryl methyl sites for hydroxylation is 1. The minimum absolute atomic E-state index is 0.0659. The zero-order valence-corrected chi connectivity index (χ0v) is 11.3. The second kappa shape index (κ2) is 6.37. The Hall–Kier alpha value is -1.10. The van der Waals surface area contributed by atoms with E-state index >= 15 is 0 Å². The van der Waals surface area contributed by atoms with Gasteiger partial charge in [0.25, 0.3) is 0 Å². The molecule has 0 aromatic carbocycles. The van der Waals surface area contributed by atoms with Gasteiger partial charge in [-0.2, -0.15) is 13.2 Å². The van der Waals surface area contributed by atoms with Crippen LogP contribution in [0.15, 0.2) is 18.3 Å². The summed E-state index contributed by atoms with van der Waals surface area (Å²) >= 11 is 0. The molecule has 0 amide bonds. The highest BCUT2D eigenvalue weighted by Crippen LogP contribution is 2.26. The van der Waals surface area contributed by atoms with Crippen molar-refractivity contribution in [2.24, 2.45) is 0 Å². The summed E-state index contributed by atoms with van der Waals surface area (Å²) in [6.45, 7) is 3.57. The predicted octanol–water partition coefficient (Wildman–Crippen LogP) is 3.67. The van der Waals surface area contributed by atoms with E-state index in [9.17, 15) is 18.3 Å². The second-order valence-electron chi connectivity index (χ2n) is 5.15. The Morgan fingerprint density at radius 2 is 1.89 bits per heavy atom. The standard InChI is InChI=1S/C14H20F3NO/c1-3-11-5-6-12(18-10-11)9-13(2,19)7-4-8-14(15,16)17/h5-6,10,19H,3-4,7-9H2,1-2H3. The van der Waals surface area contributed by atoms with Crippen molar-refractivity contribution >= 4 is 0 Å². The average molecular weight is 275 g/mol. The van der Waals surface area contributed by atoms with Crippen molar-refractivity contribution in [3.05, 3.63) is 29.6 Å². The first-order chi connectivity index (χ1) is 8.72. The Labute approximate surface area is 111 Å². The minimum atomic E-state index is -4.16. The molecule has 0 aliphatic carbocycles. The van der Waals surface area contributed by atoms with Crippen LogP contribution in [0.5, 0.6) is 0 Å². The van der Waals surface area contributed by atoms with E-state index in [1.54, 1.807) is 13.1 Å². The average Bonchev–Trinajstić information content (AvgIpc) is 2.27. The summed E-state index contributed by atoms with van der Waals surface area (Å²) in [6, 6.07) is 3.74. The van der Waals surface area contributed by atoms with Crippen molar-refractivity contribution in [3.63, 3.8) is 0 Å². The molecule has 1 rings (SSSR count). The number of alkyl halides is 3. The number of nitrogens with zero attached hydrogens (tertiary/aromatic N) is 1. The lowest BCUT2D eigenvalue weighted by atomic mass is 9.93. The first kappa shape index (κ1) is 16.0. The Morgan fingerprint density at radius 1 is 1.21 bits per heavy atom. The maximum atomic E-state index is 12.0. The van der Waals surface area contributed by atoms with Gasteiger partial charge in [-0.3, -0.25) is 4.98 Å². The van der Waals surface area contributed by atoms with Gasteiger partial charge in [-0.05, 0) is 37.8 Å². The third-order valence-corrected chi connectivity index (χ3v) is 3.03. The molecule has 2 nitrogen and oxygen atoms in total. The molecular weight excluding hydrogens is 255 g/mol. The summed E-state index contributed by atoms with van der Waals surface area (Å²) in [5.74, 6) is 0. The Balaban J connectivity index is 2.48. The van der Waals surface area contributed by atoms with E-state index in [0.717, 1.165) is 12.0 Å². The third-order valence-electron chi connectivity index (χ3n) is 3.03. The van der Waals surface area contributed by atoms with Crippen LogP contribution >= 0.6 is 0 Å². The number of hydrogen-bond acceptors (Lipinski definition) is 2. The summed E-state index contributed by atoms with van der Waals surface area (Å²) in [5, 5.41) is 10.1. The largest absolute Gasteiger partial charge is 0.390 e. The van der Waals surface area contributed by atoms with Crippen molar-refractivity contribution in [2.45, 2.75) is 57.7 Å². The van der Waals surface area contributed by atoms with Gasteiger partial charge in [-0.15, -0.1) is 0 Å². The SMILES string of the molecule is CCc1ccc(CC(C)(O)CCCC(F)(F)F)nc1. The number of rotatable bonds is 6. The Morgan fingerprint density at radius 3 is 2.37 bits per heavy atom. The van der Waals surface area contributed by atoms with Crippen LogP contribution in [0.3, 0.4) is 0 Å². The molecule has 5 heteroatoms. The first-order valence-corrected chi connectivity index (χ1v) is 6.45. The fraction of sp³-hybridized carbons (Fsp3) is 0.643. The molecule has 0 aliphatic heterocycles. The Kier molecular flexibility index (Phi) is 5.35. The molecule has 1 atom stereocenters. The number of hydrogen-bond donors (Lipinski definition) is 1. The lowest BCUT2D eigenvalue weighted by Crippen LogP contribution is -2.28. The van der Waals surface area contributed by atoms with Crippen LogP contribution in [0.2, 0.25) is 0 Å². The molecule has 1 aromatic rings. The summed E-state index contributed by atoms with van der Waals surface area (Å²) < 4.78 is 36.1. The summed E-state index contributed by atoms with van der Waals surface area (Å²) in [4.78, 5) is 4.21. The van der Waals surface area contributed by atoms with Crippen LogP contribution in [-0.4, -0.2) is 21.9 Å². The normalized spacial score (nSPS) is 15.3. The van der Waals surface area contributed by atoms with Gasteiger partial charge in [0.1, 0.15) is 0 Å². The zero-order valence-electron chi connectivity index (χ0n) is 11.3. The van der Waals surface area contributed by atoms with Gasteiger partial charge in [0.2, 0.25) is 0 Å². The van der Waals surface area contributed by atoms with Crippen molar-refractivity contribution < 1.29 is 18.3 Å². The Bertz CT molecular complexity index is 385. The molecule has 0 fully saturated rings. The predicted molar refractivity (Wildman–Crippen MR) is 67.8 cm³/mol. The molecule has 1 aromatic heterocycles. The maximum absolute atomic E-state index is 12.0. The molecule has 1 N–H and O–H groups in total. The molecule has 0 aliphatic rings. The molecule has 108 valence electrons. The summed E-state index contributed by atoms with van der Waals surface area (Å²) in [6.07, 6.45) is -2.07. The van der Waals surface area contributed by atoms with Crippen molar-refractivity contribution in [1.82, 2.24) is 4.98 Å². The van der Waals surface area contributed by atoms with Gasteiger partial charge in [0, 0.05) is 24.7 Å². The van der Waals surface area contributed by atoms with E-state index in [1.165, 1.54) is 0 Å². The molecule has 0 radical (unpaired) electrons. The van der Waals surface area contributed by atoms with Crippen LogP contribution in [0.1, 0.15) is 44.4 Å². The van der Waals surface area contributed by atoms with Crippen molar-refractivity contribution in [3.8, 4) is 0 Å². The highest BCUT2D eigenvalue weighted by atomic mass is 19.4. The molecule has 1 heterocycles. The van der Waals surface area contributed by atoms with Gasteiger partial charge in [0.05, 0.1) is 5.60 Å². The lowest BCUT2D eigenvalue weighted by molar-refractivity contribution is -0.137. The van der Waals surface area contributed by atoms with Crippen LogP contribution in [-0.2, 0) is 12.8 Å². The van der Waals surface area contributed by atoms with E-state index in [2.05, 4.69) is 4.98 Å². The molecule has 0 saturated carbocycles. The lowest BCUT2D eigenvalue weighted by Gasteiger charge is -2.23. The first-order valence-electron chi connectivity index (χ1n) is 6.45. The summed E-state index contributed by atoms with van der Waals surface area (Å²) in [7, 11) is 0. The quantitative estimate of drug-likeness (QED) is 0.859. The van der Waals surface area contributed by atoms with E-state index in [0.29, 0.717) is 5.69 Å². The monoisotopic (exact) mass is 275 g/mol. The van der Waals surface area contributed by atoms with Crippen molar-refractivity contribution in [2.75, 3.05) is 0 Å². The van der Waals surface area contributed by atoms with Crippen LogP contribution in [0.25, 0.3) is 0 Å². The molecule has 1 unspecified atom stereocenters. The molecule has 0 bridgehead atoms. The smallest absolute Gasteiger partial charge is 0.389 e. The molecule has 19 heavy (non-hydrogen) atoms. The fourth-order valence-electron chi connectivity index (χ4n) is 1.92. The zero-order chi connectivity index (χ0) is 14.5. The van der Waals surface area contributed by atoms with E-state index in [4.69, 9.17) is 0 Å². The van der Waals surface area contributed by atoms with Gasteiger partial charge in [0.15, 0.2) is 0 Å². The van der Waals surface area contributed by atoms with E-state index in [1.807, 2.05) is 19.1 Å². The maximum Gasteiger partial charge on any atom is 0.389 e. The van der Waals surface area contributed by atoms with Gasteiger partial charge in [-0.25, -0.2) is 0 Å². The second-order valence-corrected chi connectivity index (χ2v) is 5.15. The minimum Gasteiger partial charge on any atom is -0.390 e. The number of halogens is 3. The van der Waals surface area contributed by atoms with Gasteiger partial charge >= 0.3 is 6.18 Å². The number of aliphatic hydroxyl groups is 1. The van der Waals surface area contributed by atoms with Crippen LogP contribution in [0, 0.1) is 0 Å². The molecular formula is C14H20F3NO. The number of aromatic nitrogens is 1. The van der Waals surface area contributed by atoms with E-state index < -0.39 is 18.2 Å². The topological polar surface area (TPSA) is 33.1 Å². The van der Waals surface area contributed by atoms with Crippen LogP contribution in [0.4, 0.5) is 13.2 Å². The fourth-order valence-corrected chi connectivity index (χ4v) is 1.92. The van der Waals surface area contributed by atoms with Gasteiger partial charge < -0.3 is 5.11 Å². The molecule has 0 saturated heterocycles.